The third-order valence-electron chi connectivity index (χ3n) is 7.00. The van der Waals surface area contributed by atoms with Crippen LogP contribution in [0.1, 0.15) is 99.6 Å². The van der Waals surface area contributed by atoms with Gasteiger partial charge in [0.2, 0.25) is 0 Å². The summed E-state index contributed by atoms with van der Waals surface area (Å²) in [6.07, 6.45) is 2.43. The zero-order valence-electron chi connectivity index (χ0n) is 25.5. The molecule has 0 fully saturated rings. The fourth-order valence-corrected chi connectivity index (χ4v) is 7.88. The molecular formula is C31H46NNaO3S2. The summed E-state index contributed by atoms with van der Waals surface area (Å²) < 4.78 is 34.0. The van der Waals surface area contributed by atoms with E-state index in [1.165, 1.54) is 20.9 Å². The van der Waals surface area contributed by atoms with Crippen LogP contribution in [-0.2, 0) is 20.9 Å². The summed E-state index contributed by atoms with van der Waals surface area (Å²) in [6, 6.07) is 13.4. The Morgan fingerprint density at radius 2 is 1.13 bits per heavy atom. The van der Waals surface area contributed by atoms with Gasteiger partial charge in [-0.1, -0.05) is 93.1 Å². The van der Waals surface area contributed by atoms with Crippen molar-refractivity contribution in [3.63, 3.8) is 0 Å². The second kappa shape index (κ2) is 11.8. The molecule has 1 aliphatic rings. The number of fused-ring (bicyclic) bond motifs is 2. The minimum atomic E-state index is -4.25. The molecule has 0 spiro atoms. The van der Waals surface area contributed by atoms with Gasteiger partial charge in [-0.15, -0.1) is 0 Å². The van der Waals surface area contributed by atoms with Gasteiger partial charge >= 0.3 is 29.6 Å². The third kappa shape index (κ3) is 9.01. The van der Waals surface area contributed by atoms with Crippen molar-refractivity contribution >= 4 is 33.3 Å². The number of nitrogens with zero attached hydrogens (tertiary/aromatic N) is 1. The number of benzene rings is 2. The van der Waals surface area contributed by atoms with Crippen molar-refractivity contribution in [1.29, 1.82) is 0 Å². The summed E-state index contributed by atoms with van der Waals surface area (Å²) in [6.45, 7) is 23.4. The Labute approximate surface area is 258 Å². The smallest absolute Gasteiger partial charge is 0.748 e. The molecule has 0 N–H and O–H groups in total. The normalized spacial score (nSPS) is 14.6. The van der Waals surface area contributed by atoms with E-state index in [-0.39, 0.29) is 57.0 Å². The molecule has 0 aromatic heterocycles. The van der Waals surface area contributed by atoms with E-state index in [1.807, 2.05) is 0 Å². The Morgan fingerprint density at radius 1 is 0.737 bits per heavy atom. The maximum Gasteiger partial charge on any atom is 1.00 e. The summed E-state index contributed by atoms with van der Waals surface area (Å²) in [5.74, 6) is -0.352. The quantitative estimate of drug-likeness (QED) is 0.305. The molecule has 7 heteroatoms. The van der Waals surface area contributed by atoms with Crippen molar-refractivity contribution in [1.82, 2.24) is 0 Å². The van der Waals surface area contributed by atoms with E-state index < -0.39 is 10.1 Å². The van der Waals surface area contributed by atoms with E-state index in [1.54, 1.807) is 11.8 Å². The molecule has 206 valence electrons. The maximum atomic E-state index is 11.3. The molecule has 1 heterocycles. The Morgan fingerprint density at radius 3 is 1.47 bits per heavy atom. The largest absolute Gasteiger partial charge is 1.00 e. The number of anilines is 2. The summed E-state index contributed by atoms with van der Waals surface area (Å²) in [5, 5.41) is 0. The predicted octanol–water partition coefficient (Wildman–Crippen LogP) is 5.66. The zero-order valence-corrected chi connectivity index (χ0v) is 29.1. The molecule has 38 heavy (non-hydrogen) atoms. The average molecular weight is 568 g/mol. The van der Waals surface area contributed by atoms with Crippen molar-refractivity contribution < 1.29 is 42.5 Å². The van der Waals surface area contributed by atoms with Crippen LogP contribution in [0.2, 0.25) is 0 Å². The van der Waals surface area contributed by atoms with Gasteiger partial charge in [0.1, 0.15) is 0 Å². The molecule has 0 aliphatic carbocycles. The molecule has 0 saturated heterocycles. The Balaban J connectivity index is 0.00000507. The molecule has 3 rings (SSSR count). The monoisotopic (exact) mass is 567 g/mol. The molecule has 0 saturated carbocycles. The van der Waals surface area contributed by atoms with Gasteiger partial charge < -0.3 is 9.45 Å². The topological polar surface area (TPSA) is 60.4 Å². The molecule has 0 bridgehead atoms. The third-order valence-corrected chi connectivity index (χ3v) is 8.89. The van der Waals surface area contributed by atoms with Crippen molar-refractivity contribution in [2.45, 2.75) is 109 Å². The fraction of sp³-hybridized carbons (Fsp3) is 0.613. The van der Waals surface area contributed by atoms with Gasteiger partial charge in [0, 0.05) is 22.1 Å². The molecule has 0 radical (unpaired) electrons. The summed E-state index contributed by atoms with van der Waals surface area (Å²) in [5.41, 5.74) is 5.24. The molecule has 0 atom stereocenters. The van der Waals surface area contributed by atoms with Gasteiger partial charge in [0.15, 0.2) is 0 Å². The number of hydrogen-bond donors (Lipinski definition) is 0. The van der Waals surface area contributed by atoms with E-state index >= 15 is 0 Å². The van der Waals surface area contributed by atoms with E-state index in [4.69, 9.17) is 0 Å². The van der Waals surface area contributed by atoms with Gasteiger partial charge in [0.05, 0.1) is 21.5 Å². The second-order valence-corrected chi connectivity index (χ2v) is 17.1. The predicted molar refractivity (Wildman–Crippen MR) is 157 cm³/mol. The first kappa shape index (κ1) is 33.7. The van der Waals surface area contributed by atoms with Crippen molar-refractivity contribution in [2.24, 2.45) is 10.8 Å². The van der Waals surface area contributed by atoms with Crippen LogP contribution in [-0.4, -0.2) is 25.3 Å². The maximum absolute atomic E-state index is 11.3. The summed E-state index contributed by atoms with van der Waals surface area (Å²) >= 11 is 1.80. The minimum Gasteiger partial charge on any atom is -0.748 e. The Hall–Kier alpha value is -0.500. The van der Waals surface area contributed by atoms with Gasteiger partial charge in [0.25, 0.3) is 0 Å². The molecular weight excluding hydrogens is 521 g/mol. The molecule has 1 aliphatic heterocycles. The average Bonchev–Trinajstić information content (AvgIpc) is 2.68. The molecule has 0 amide bonds. The van der Waals surface area contributed by atoms with Crippen molar-refractivity contribution in [3.8, 4) is 0 Å². The van der Waals surface area contributed by atoms with Crippen LogP contribution >= 0.6 is 11.8 Å². The van der Waals surface area contributed by atoms with Crippen LogP contribution in [0, 0.1) is 10.8 Å². The van der Waals surface area contributed by atoms with Crippen LogP contribution < -0.4 is 34.5 Å². The molecule has 0 unspecified atom stereocenters. The van der Waals surface area contributed by atoms with Crippen LogP contribution in [0.3, 0.4) is 0 Å². The van der Waals surface area contributed by atoms with Gasteiger partial charge in [-0.3, -0.25) is 0 Å². The standard InChI is InChI=1S/C31H47NO3S2.Na/c1-28(2,3)20-30(7,8)22-12-14-24-26(18-22)36-27-19-23(31(9,10)21-29(4,5)6)13-15-25(27)32(24)16-11-17-37(33,34)35;/h12-15,18-19H,11,16-17,20-21H2,1-10H3,(H,33,34,35);/q;+1/p-1. The molecule has 2 aromatic rings. The first-order valence-electron chi connectivity index (χ1n) is 13.4. The van der Waals surface area contributed by atoms with Gasteiger partial charge in [-0.25, -0.2) is 8.42 Å². The molecule has 2 aromatic carbocycles. The van der Waals surface area contributed by atoms with E-state index in [0.717, 1.165) is 24.2 Å². The van der Waals surface area contributed by atoms with Crippen molar-refractivity contribution in [3.05, 3.63) is 47.5 Å². The van der Waals surface area contributed by atoms with Gasteiger partial charge in [-0.2, -0.15) is 0 Å². The first-order valence-corrected chi connectivity index (χ1v) is 15.7. The van der Waals surface area contributed by atoms with Crippen LogP contribution in [0.15, 0.2) is 46.2 Å². The Bertz CT molecular complexity index is 1160. The van der Waals surface area contributed by atoms with E-state index in [9.17, 15) is 13.0 Å². The summed E-state index contributed by atoms with van der Waals surface area (Å²) in [7, 11) is -4.25. The number of rotatable bonds is 8. The minimum absolute atomic E-state index is 0. The fourth-order valence-electron chi connectivity index (χ4n) is 6.22. The second-order valence-electron chi connectivity index (χ2n) is 14.5. The number of hydrogen-bond acceptors (Lipinski definition) is 5. The van der Waals surface area contributed by atoms with Gasteiger partial charge in [-0.05, 0) is 76.3 Å². The Kier molecular flexibility index (Phi) is 10.4. The van der Waals surface area contributed by atoms with Crippen LogP contribution in [0.4, 0.5) is 11.4 Å². The van der Waals surface area contributed by atoms with Crippen LogP contribution in [0.25, 0.3) is 0 Å². The van der Waals surface area contributed by atoms with E-state index in [2.05, 4.69) is 111 Å². The van der Waals surface area contributed by atoms with E-state index in [0.29, 0.717) is 13.0 Å². The summed E-state index contributed by atoms with van der Waals surface area (Å²) in [4.78, 5) is 4.57. The SMILES string of the molecule is CC(C)(C)CC(C)(C)c1ccc2c(c1)Sc1cc(C(C)(C)CC(C)(C)C)ccc1N2CCCS(=O)(=O)[O-].[Na+]. The van der Waals surface area contributed by atoms with Crippen molar-refractivity contribution in [2.75, 3.05) is 17.2 Å². The zero-order chi connectivity index (χ0) is 28.0. The molecule has 4 nitrogen and oxygen atoms in total. The van der Waals surface area contributed by atoms with Crippen LogP contribution in [0.5, 0.6) is 0 Å². The first-order chi connectivity index (χ1) is 16.7.